The summed E-state index contributed by atoms with van der Waals surface area (Å²) in [6.07, 6.45) is 4.47. The van der Waals surface area contributed by atoms with E-state index in [0.717, 1.165) is 72.4 Å². The molecule has 204 valence electrons. The number of carbonyl (C=O) groups excluding carboxylic acids is 1. The third-order valence-corrected chi connectivity index (χ3v) is 8.10. The maximum Gasteiger partial charge on any atom is 0.318 e. The standard InChI is InChI=1S/C30H36N6O3/c1-2-28(38)34-12-14-35(15-13-34)29-25-9-11-36(27-17-23(37)16-22-7-3-4-8-24(22)27)19-26(25)32-30(33-29)39-20-21-6-5-10-31-18-21/h2-4,7-8,16-17,21,31,37H,1,5-6,9-15,18-20H2/t21-/m1/s1. The van der Waals surface area contributed by atoms with Crippen LogP contribution in [0.3, 0.4) is 0 Å². The van der Waals surface area contributed by atoms with Crippen LogP contribution in [0.1, 0.15) is 24.1 Å². The average molecular weight is 529 g/mol. The van der Waals surface area contributed by atoms with Crippen molar-refractivity contribution in [3.8, 4) is 11.8 Å². The molecule has 0 bridgehead atoms. The Bertz CT molecular complexity index is 1360. The van der Waals surface area contributed by atoms with Crippen molar-refractivity contribution in [3.05, 3.63) is 60.3 Å². The molecular formula is C30H36N6O3. The molecule has 6 rings (SSSR count). The van der Waals surface area contributed by atoms with Crippen LogP contribution in [0.15, 0.2) is 49.1 Å². The number of piperazine rings is 1. The predicted octanol–water partition coefficient (Wildman–Crippen LogP) is 3.11. The number of hydrogen-bond acceptors (Lipinski definition) is 8. The Kier molecular flexibility index (Phi) is 7.24. The monoisotopic (exact) mass is 528 g/mol. The Hall–Kier alpha value is -3.85. The number of fused-ring (bicyclic) bond motifs is 2. The number of amides is 1. The van der Waals surface area contributed by atoms with E-state index in [2.05, 4.69) is 27.8 Å². The third-order valence-electron chi connectivity index (χ3n) is 8.10. The number of ether oxygens (including phenoxy) is 1. The van der Waals surface area contributed by atoms with E-state index in [0.29, 0.717) is 51.3 Å². The summed E-state index contributed by atoms with van der Waals surface area (Å²) in [5.74, 6) is 1.60. The molecule has 9 nitrogen and oxygen atoms in total. The number of nitrogens with zero attached hydrogens (tertiary/aromatic N) is 5. The lowest BCUT2D eigenvalue weighted by molar-refractivity contribution is -0.126. The first-order chi connectivity index (χ1) is 19.1. The molecule has 1 amide bonds. The van der Waals surface area contributed by atoms with Gasteiger partial charge in [0.05, 0.1) is 18.8 Å². The second kappa shape index (κ2) is 11.1. The number of phenols is 1. The van der Waals surface area contributed by atoms with E-state index >= 15 is 0 Å². The lowest BCUT2D eigenvalue weighted by Gasteiger charge is -2.38. The van der Waals surface area contributed by atoms with Crippen molar-refractivity contribution >= 4 is 28.2 Å². The highest BCUT2D eigenvalue weighted by Crippen LogP contribution is 2.36. The quantitative estimate of drug-likeness (QED) is 0.472. The lowest BCUT2D eigenvalue weighted by atomic mass is 10.0. The molecule has 2 fully saturated rings. The molecule has 2 aromatic carbocycles. The largest absolute Gasteiger partial charge is 0.508 e. The van der Waals surface area contributed by atoms with E-state index in [1.807, 2.05) is 29.2 Å². The van der Waals surface area contributed by atoms with Gasteiger partial charge in [-0.05, 0) is 43.3 Å². The first-order valence-electron chi connectivity index (χ1n) is 14.0. The van der Waals surface area contributed by atoms with Gasteiger partial charge in [0.15, 0.2) is 0 Å². The molecule has 0 aliphatic carbocycles. The third kappa shape index (κ3) is 5.36. The molecule has 39 heavy (non-hydrogen) atoms. The molecule has 0 spiro atoms. The number of anilines is 2. The van der Waals surface area contributed by atoms with Crippen LogP contribution >= 0.6 is 0 Å². The van der Waals surface area contributed by atoms with Gasteiger partial charge in [-0.1, -0.05) is 30.8 Å². The van der Waals surface area contributed by atoms with Crippen LogP contribution in [0.25, 0.3) is 10.8 Å². The molecule has 3 aliphatic heterocycles. The van der Waals surface area contributed by atoms with Gasteiger partial charge >= 0.3 is 6.01 Å². The summed E-state index contributed by atoms with van der Waals surface area (Å²) in [6, 6.07) is 12.2. The molecule has 2 N–H and O–H groups in total. The van der Waals surface area contributed by atoms with Gasteiger partial charge < -0.3 is 29.9 Å². The minimum absolute atomic E-state index is 0.0292. The van der Waals surface area contributed by atoms with Gasteiger partial charge in [0.2, 0.25) is 5.91 Å². The number of aromatic hydroxyl groups is 1. The summed E-state index contributed by atoms with van der Waals surface area (Å²) in [6.45, 7) is 10.3. The number of rotatable bonds is 6. The van der Waals surface area contributed by atoms with Gasteiger partial charge in [-0.25, -0.2) is 0 Å². The topological polar surface area (TPSA) is 94.1 Å². The number of hydrogen-bond donors (Lipinski definition) is 2. The molecule has 3 aliphatic rings. The van der Waals surface area contributed by atoms with Gasteiger partial charge in [0, 0.05) is 67.9 Å². The summed E-state index contributed by atoms with van der Waals surface area (Å²) in [4.78, 5) is 28.4. The Morgan fingerprint density at radius 2 is 1.97 bits per heavy atom. The minimum Gasteiger partial charge on any atom is -0.508 e. The normalized spacial score (nSPS) is 19.6. The summed E-state index contributed by atoms with van der Waals surface area (Å²) >= 11 is 0. The van der Waals surface area contributed by atoms with Crippen LogP contribution in [0, 0.1) is 5.92 Å². The molecule has 2 saturated heterocycles. The van der Waals surface area contributed by atoms with E-state index in [4.69, 9.17) is 14.7 Å². The number of aromatic nitrogens is 2. The van der Waals surface area contributed by atoms with Crippen LogP contribution < -0.4 is 19.9 Å². The molecule has 0 unspecified atom stereocenters. The fourth-order valence-electron chi connectivity index (χ4n) is 5.98. The molecule has 0 saturated carbocycles. The van der Waals surface area contributed by atoms with Crippen LogP contribution in [0.4, 0.5) is 11.5 Å². The summed E-state index contributed by atoms with van der Waals surface area (Å²) in [5, 5.41) is 16.0. The van der Waals surface area contributed by atoms with Gasteiger partial charge in [-0.3, -0.25) is 4.79 Å². The second-order valence-electron chi connectivity index (χ2n) is 10.7. The van der Waals surface area contributed by atoms with E-state index in [9.17, 15) is 9.90 Å². The highest BCUT2D eigenvalue weighted by atomic mass is 16.5. The molecule has 0 radical (unpaired) electrons. The number of piperidine rings is 1. The van der Waals surface area contributed by atoms with Crippen molar-refractivity contribution in [3.63, 3.8) is 0 Å². The van der Waals surface area contributed by atoms with Crippen molar-refractivity contribution in [1.82, 2.24) is 20.2 Å². The van der Waals surface area contributed by atoms with Crippen molar-refractivity contribution in [2.24, 2.45) is 5.92 Å². The van der Waals surface area contributed by atoms with Crippen molar-refractivity contribution < 1.29 is 14.6 Å². The molecule has 9 heteroatoms. The number of phenolic OH excluding ortho intramolecular Hbond substituents is 1. The van der Waals surface area contributed by atoms with E-state index in [1.54, 1.807) is 6.07 Å². The highest BCUT2D eigenvalue weighted by Gasteiger charge is 2.29. The van der Waals surface area contributed by atoms with E-state index in [1.165, 1.54) is 6.08 Å². The first kappa shape index (κ1) is 25.4. The summed E-state index contributed by atoms with van der Waals surface area (Å²) in [5.41, 5.74) is 3.11. The fraction of sp³-hybridized carbons (Fsp3) is 0.433. The van der Waals surface area contributed by atoms with Crippen LogP contribution in [-0.2, 0) is 17.8 Å². The Balaban J connectivity index is 1.30. The molecule has 3 aromatic rings. The summed E-state index contributed by atoms with van der Waals surface area (Å²) < 4.78 is 6.22. The molecular weight excluding hydrogens is 492 g/mol. The van der Waals surface area contributed by atoms with Gasteiger partial charge in [0.1, 0.15) is 11.6 Å². The zero-order chi connectivity index (χ0) is 26.8. The predicted molar refractivity (Wildman–Crippen MR) is 152 cm³/mol. The maximum absolute atomic E-state index is 12.1. The van der Waals surface area contributed by atoms with Crippen LogP contribution in [-0.4, -0.2) is 78.3 Å². The zero-order valence-corrected chi connectivity index (χ0v) is 22.3. The minimum atomic E-state index is -0.0292. The lowest BCUT2D eigenvalue weighted by Crippen LogP contribution is -2.49. The van der Waals surface area contributed by atoms with Crippen LogP contribution in [0.5, 0.6) is 11.8 Å². The second-order valence-corrected chi connectivity index (χ2v) is 10.7. The molecule has 4 heterocycles. The van der Waals surface area contributed by atoms with Crippen LogP contribution in [0.2, 0.25) is 0 Å². The Morgan fingerprint density at radius 3 is 2.77 bits per heavy atom. The van der Waals surface area contributed by atoms with E-state index in [-0.39, 0.29) is 11.7 Å². The molecule has 1 atom stereocenters. The van der Waals surface area contributed by atoms with Gasteiger partial charge in [-0.15, -0.1) is 0 Å². The first-order valence-corrected chi connectivity index (χ1v) is 14.0. The van der Waals surface area contributed by atoms with Gasteiger partial charge in [-0.2, -0.15) is 9.97 Å². The smallest absolute Gasteiger partial charge is 0.318 e. The van der Waals surface area contributed by atoms with Gasteiger partial charge in [0.25, 0.3) is 0 Å². The fourth-order valence-corrected chi connectivity index (χ4v) is 5.98. The SMILES string of the molecule is C=CC(=O)N1CCN(c2nc(OC[C@@H]3CCCNC3)nc3c2CCN(c2cc(O)cc4ccccc24)C3)CC1. The Labute approximate surface area is 229 Å². The zero-order valence-electron chi connectivity index (χ0n) is 22.3. The van der Waals surface area contributed by atoms with E-state index < -0.39 is 0 Å². The summed E-state index contributed by atoms with van der Waals surface area (Å²) in [7, 11) is 0. The van der Waals surface area contributed by atoms with Crippen molar-refractivity contribution in [2.75, 3.05) is 62.2 Å². The average Bonchev–Trinajstić information content (AvgIpc) is 2.99. The number of nitrogens with one attached hydrogen (secondary N) is 1. The highest BCUT2D eigenvalue weighted by molar-refractivity contribution is 5.95. The number of carbonyl (C=O) groups is 1. The Morgan fingerprint density at radius 1 is 1.13 bits per heavy atom. The molecule has 1 aromatic heterocycles. The maximum atomic E-state index is 12.1. The van der Waals surface area contributed by atoms with Crippen molar-refractivity contribution in [2.45, 2.75) is 25.8 Å². The number of benzene rings is 2. The van der Waals surface area contributed by atoms with Crippen molar-refractivity contribution in [1.29, 1.82) is 0 Å².